The van der Waals surface area contributed by atoms with Crippen LogP contribution < -0.4 is 16.3 Å². The Bertz CT molecular complexity index is 1160. The maximum absolute atomic E-state index is 12.5. The van der Waals surface area contributed by atoms with Crippen LogP contribution in [-0.2, 0) is 11.2 Å². The summed E-state index contributed by atoms with van der Waals surface area (Å²) < 4.78 is 0.733. The maximum atomic E-state index is 12.5. The summed E-state index contributed by atoms with van der Waals surface area (Å²) in [7, 11) is 0. The van der Waals surface area contributed by atoms with Crippen molar-refractivity contribution in [2.45, 2.75) is 22.9 Å². The van der Waals surface area contributed by atoms with Crippen LogP contribution in [0.1, 0.15) is 11.8 Å². The van der Waals surface area contributed by atoms with Gasteiger partial charge in [0.15, 0.2) is 4.34 Å². The highest BCUT2D eigenvalue weighted by Gasteiger charge is 2.17. The lowest BCUT2D eigenvalue weighted by atomic mass is 10.2. The number of thiophene rings is 1. The molecule has 4 aromatic rings. The molecule has 0 bridgehead atoms. The standard InChI is InChI=1S/C18H18N6O2S3/c1-10(15(25)20-11-4-5-13-14(9-11)22-16(26)21-13)28-18-24-23-17(29-18)19-7-6-12-3-2-8-27-12/h2-5,8-10H,6-7H2,1H3,(H,19,23)(H,20,25)(H2,21,22,26). The van der Waals surface area contributed by atoms with Crippen molar-refractivity contribution in [2.24, 2.45) is 0 Å². The molecule has 0 spiro atoms. The fourth-order valence-corrected chi connectivity index (χ4v) is 5.27. The van der Waals surface area contributed by atoms with Crippen LogP contribution in [0, 0.1) is 0 Å². The summed E-state index contributed by atoms with van der Waals surface area (Å²) in [4.78, 5) is 30.5. The molecule has 0 fully saturated rings. The molecule has 150 valence electrons. The highest BCUT2D eigenvalue weighted by Crippen LogP contribution is 2.29. The molecule has 3 heterocycles. The molecule has 1 aromatic carbocycles. The Labute approximate surface area is 178 Å². The van der Waals surface area contributed by atoms with Crippen LogP contribution >= 0.6 is 34.4 Å². The molecule has 0 aliphatic heterocycles. The zero-order valence-corrected chi connectivity index (χ0v) is 17.8. The average Bonchev–Trinajstić information content (AvgIpc) is 3.42. The summed E-state index contributed by atoms with van der Waals surface area (Å²) in [6.45, 7) is 2.61. The Morgan fingerprint density at radius 1 is 1.24 bits per heavy atom. The van der Waals surface area contributed by atoms with Gasteiger partial charge in [-0.05, 0) is 43.0 Å². The minimum absolute atomic E-state index is 0.144. The van der Waals surface area contributed by atoms with Gasteiger partial charge in [0.1, 0.15) is 0 Å². The molecule has 11 heteroatoms. The zero-order chi connectivity index (χ0) is 20.2. The lowest BCUT2D eigenvalue weighted by Gasteiger charge is -2.10. The first-order valence-electron chi connectivity index (χ1n) is 8.86. The molecule has 1 amide bonds. The van der Waals surface area contributed by atoms with Crippen LogP contribution in [0.15, 0.2) is 44.8 Å². The Morgan fingerprint density at radius 2 is 2.10 bits per heavy atom. The van der Waals surface area contributed by atoms with Gasteiger partial charge in [0.2, 0.25) is 11.0 Å². The third-order valence-corrected chi connectivity index (χ3v) is 7.07. The number of nitrogens with zero attached hydrogens (tertiary/aromatic N) is 2. The average molecular weight is 447 g/mol. The number of H-pyrrole nitrogens is 2. The van der Waals surface area contributed by atoms with Crippen LogP contribution in [0.2, 0.25) is 0 Å². The molecule has 0 aliphatic rings. The third kappa shape index (κ3) is 5.05. The molecule has 4 rings (SSSR count). The summed E-state index contributed by atoms with van der Waals surface area (Å²) in [5.41, 5.74) is 1.70. The second-order valence-corrected chi connectivity index (χ2v) is 9.82. The quantitative estimate of drug-likeness (QED) is 0.308. The van der Waals surface area contributed by atoms with Gasteiger partial charge in [-0.25, -0.2) is 4.79 Å². The van der Waals surface area contributed by atoms with Gasteiger partial charge in [0.25, 0.3) is 0 Å². The number of nitrogens with one attached hydrogen (secondary N) is 4. The number of carbonyl (C=O) groups is 1. The molecule has 0 saturated carbocycles. The van der Waals surface area contributed by atoms with Gasteiger partial charge in [0.05, 0.1) is 16.3 Å². The first-order chi connectivity index (χ1) is 14.1. The van der Waals surface area contributed by atoms with E-state index in [4.69, 9.17) is 0 Å². The Kier molecular flexibility index (Phi) is 5.97. The Balaban J connectivity index is 1.29. The van der Waals surface area contributed by atoms with Gasteiger partial charge < -0.3 is 20.6 Å². The number of imidazole rings is 1. The van der Waals surface area contributed by atoms with Gasteiger partial charge in [-0.2, -0.15) is 0 Å². The first kappa shape index (κ1) is 19.7. The topological polar surface area (TPSA) is 116 Å². The van der Waals surface area contributed by atoms with Crippen molar-refractivity contribution >= 4 is 62.2 Å². The molecule has 3 aromatic heterocycles. The molecule has 0 aliphatic carbocycles. The Morgan fingerprint density at radius 3 is 2.93 bits per heavy atom. The van der Waals surface area contributed by atoms with E-state index in [1.807, 2.05) is 13.0 Å². The summed E-state index contributed by atoms with van der Waals surface area (Å²) in [6, 6.07) is 9.38. The van der Waals surface area contributed by atoms with Gasteiger partial charge in [-0.15, -0.1) is 21.5 Å². The molecule has 0 saturated heterocycles. The number of anilines is 2. The van der Waals surface area contributed by atoms with E-state index in [-0.39, 0.29) is 16.8 Å². The number of thioether (sulfide) groups is 1. The van der Waals surface area contributed by atoms with Crippen LogP contribution in [0.3, 0.4) is 0 Å². The van der Waals surface area contributed by atoms with E-state index in [1.165, 1.54) is 28.0 Å². The van der Waals surface area contributed by atoms with E-state index >= 15 is 0 Å². The highest BCUT2D eigenvalue weighted by atomic mass is 32.2. The lowest BCUT2D eigenvalue weighted by molar-refractivity contribution is -0.115. The number of hydrogen-bond acceptors (Lipinski definition) is 8. The van der Waals surface area contributed by atoms with Crippen molar-refractivity contribution in [3.63, 3.8) is 0 Å². The van der Waals surface area contributed by atoms with Crippen molar-refractivity contribution in [3.8, 4) is 0 Å². The van der Waals surface area contributed by atoms with Crippen LogP contribution in [0.25, 0.3) is 11.0 Å². The number of hydrogen-bond donors (Lipinski definition) is 4. The number of aromatic nitrogens is 4. The van der Waals surface area contributed by atoms with Gasteiger partial charge in [-0.3, -0.25) is 4.79 Å². The number of benzene rings is 1. The maximum Gasteiger partial charge on any atom is 0.323 e. The third-order valence-electron chi connectivity index (χ3n) is 4.06. The second kappa shape index (κ2) is 8.80. The molecular weight excluding hydrogens is 428 g/mol. The molecule has 0 radical (unpaired) electrons. The fourth-order valence-electron chi connectivity index (χ4n) is 2.64. The molecular formula is C18H18N6O2S3. The molecule has 1 unspecified atom stereocenters. The van der Waals surface area contributed by atoms with Crippen molar-refractivity contribution < 1.29 is 4.79 Å². The minimum atomic E-state index is -0.345. The summed E-state index contributed by atoms with van der Waals surface area (Å²) in [5.74, 6) is -0.144. The largest absolute Gasteiger partial charge is 0.360 e. The van der Waals surface area contributed by atoms with Crippen molar-refractivity contribution in [3.05, 3.63) is 51.1 Å². The van der Waals surface area contributed by atoms with Crippen molar-refractivity contribution in [2.75, 3.05) is 17.2 Å². The summed E-state index contributed by atoms with van der Waals surface area (Å²) in [6.07, 6.45) is 0.940. The van der Waals surface area contributed by atoms with E-state index in [0.29, 0.717) is 16.7 Å². The minimum Gasteiger partial charge on any atom is -0.360 e. The van der Waals surface area contributed by atoms with Crippen molar-refractivity contribution in [1.29, 1.82) is 0 Å². The van der Waals surface area contributed by atoms with E-state index in [1.54, 1.807) is 29.5 Å². The molecule has 29 heavy (non-hydrogen) atoms. The first-order valence-corrected chi connectivity index (χ1v) is 11.4. The summed E-state index contributed by atoms with van der Waals surface area (Å²) in [5, 5.41) is 16.9. The van der Waals surface area contributed by atoms with Crippen molar-refractivity contribution in [1.82, 2.24) is 20.2 Å². The van der Waals surface area contributed by atoms with E-state index in [2.05, 4.69) is 42.2 Å². The fraction of sp³-hybridized carbons (Fsp3) is 0.222. The van der Waals surface area contributed by atoms with E-state index < -0.39 is 0 Å². The SMILES string of the molecule is CC(Sc1nnc(NCCc2cccs2)s1)C(=O)Nc1ccc2[nH]c(=O)[nH]c2c1. The van der Waals surface area contributed by atoms with E-state index in [0.717, 1.165) is 22.4 Å². The van der Waals surface area contributed by atoms with Crippen LogP contribution in [0.5, 0.6) is 0 Å². The van der Waals surface area contributed by atoms with Crippen LogP contribution in [-0.4, -0.2) is 37.9 Å². The second-order valence-electron chi connectivity index (χ2n) is 6.22. The van der Waals surface area contributed by atoms with E-state index in [9.17, 15) is 9.59 Å². The smallest absolute Gasteiger partial charge is 0.323 e. The monoisotopic (exact) mass is 446 g/mol. The van der Waals surface area contributed by atoms with Gasteiger partial charge in [0, 0.05) is 17.1 Å². The molecule has 8 nitrogen and oxygen atoms in total. The summed E-state index contributed by atoms with van der Waals surface area (Å²) >= 11 is 4.53. The predicted octanol–water partition coefficient (Wildman–Crippen LogP) is 3.54. The molecule has 1 atom stereocenters. The normalized spacial score (nSPS) is 12.2. The lowest BCUT2D eigenvalue weighted by Crippen LogP contribution is -2.22. The molecule has 4 N–H and O–H groups in total. The zero-order valence-electron chi connectivity index (χ0n) is 15.4. The van der Waals surface area contributed by atoms with Gasteiger partial charge >= 0.3 is 5.69 Å². The van der Waals surface area contributed by atoms with Crippen LogP contribution in [0.4, 0.5) is 10.8 Å². The highest BCUT2D eigenvalue weighted by molar-refractivity contribution is 8.02. The number of fused-ring (bicyclic) bond motifs is 1. The van der Waals surface area contributed by atoms with Gasteiger partial charge in [-0.1, -0.05) is 29.2 Å². The number of amides is 1. The number of aromatic amines is 2. The predicted molar refractivity (Wildman–Crippen MR) is 119 cm³/mol. The number of rotatable bonds is 8. The Hall–Kier alpha value is -2.63. The number of carbonyl (C=O) groups excluding carboxylic acids is 1.